The van der Waals surface area contributed by atoms with Crippen molar-refractivity contribution in [3.63, 3.8) is 0 Å². The number of benzene rings is 2. The number of nitrogens with one attached hydrogen (secondary N) is 1. The molecule has 0 saturated heterocycles. The number of carbonyl (C=O) groups is 1. The summed E-state index contributed by atoms with van der Waals surface area (Å²) in [5.41, 5.74) is 6.10. The molecule has 21 heavy (non-hydrogen) atoms. The molecule has 0 heterocycles. The van der Waals surface area contributed by atoms with Crippen LogP contribution in [0.25, 0.3) is 0 Å². The lowest BCUT2D eigenvalue weighted by Crippen LogP contribution is -2.12. The van der Waals surface area contributed by atoms with Gasteiger partial charge in [0.2, 0.25) is 5.91 Å². The highest BCUT2D eigenvalue weighted by atomic mass is 35.5. The van der Waals surface area contributed by atoms with E-state index < -0.39 is 11.7 Å². The summed E-state index contributed by atoms with van der Waals surface area (Å²) in [4.78, 5) is 11.1. The second-order valence-corrected chi connectivity index (χ2v) is 5.52. The van der Waals surface area contributed by atoms with Gasteiger partial charge in [-0.1, -0.05) is 34.8 Å². The third-order valence-corrected chi connectivity index (χ3v) is 3.61. The van der Waals surface area contributed by atoms with Gasteiger partial charge in [-0.2, -0.15) is 0 Å². The number of primary amides is 1. The van der Waals surface area contributed by atoms with Gasteiger partial charge < -0.3 is 11.1 Å². The summed E-state index contributed by atoms with van der Waals surface area (Å²) >= 11 is 17.9. The van der Waals surface area contributed by atoms with Crippen LogP contribution in [-0.2, 0) is 6.54 Å². The summed E-state index contributed by atoms with van der Waals surface area (Å²) in [5, 5.41) is 3.95. The van der Waals surface area contributed by atoms with Crippen molar-refractivity contribution in [2.24, 2.45) is 5.73 Å². The van der Waals surface area contributed by atoms with E-state index in [4.69, 9.17) is 40.5 Å². The van der Waals surface area contributed by atoms with Crippen molar-refractivity contribution in [3.8, 4) is 0 Å². The minimum atomic E-state index is -0.626. The van der Waals surface area contributed by atoms with Crippen molar-refractivity contribution in [2.75, 3.05) is 5.32 Å². The summed E-state index contributed by atoms with van der Waals surface area (Å²) in [6.07, 6.45) is 0. The number of hydrogen-bond donors (Lipinski definition) is 2. The zero-order valence-electron chi connectivity index (χ0n) is 10.6. The Morgan fingerprint density at radius 1 is 1.14 bits per heavy atom. The summed E-state index contributed by atoms with van der Waals surface area (Å²) in [6, 6.07) is 6.93. The van der Waals surface area contributed by atoms with Crippen molar-refractivity contribution in [2.45, 2.75) is 6.54 Å². The molecule has 2 aromatic carbocycles. The largest absolute Gasteiger partial charge is 0.378 e. The topological polar surface area (TPSA) is 55.1 Å². The van der Waals surface area contributed by atoms with Gasteiger partial charge in [0.05, 0.1) is 15.7 Å². The number of amides is 1. The molecule has 0 unspecified atom stereocenters. The maximum atomic E-state index is 13.7. The van der Waals surface area contributed by atoms with E-state index in [0.717, 1.165) is 0 Å². The van der Waals surface area contributed by atoms with Gasteiger partial charge in [0.1, 0.15) is 5.82 Å². The Labute approximate surface area is 135 Å². The van der Waals surface area contributed by atoms with E-state index in [0.29, 0.717) is 20.8 Å². The molecule has 0 saturated carbocycles. The monoisotopic (exact) mass is 346 g/mol. The predicted octanol–water partition coefficient (Wildman–Crippen LogP) is 4.50. The Kier molecular flexibility index (Phi) is 4.93. The Bertz CT molecular complexity index is 684. The van der Waals surface area contributed by atoms with Crippen LogP contribution in [-0.4, -0.2) is 5.91 Å². The molecule has 0 spiro atoms. The van der Waals surface area contributed by atoms with Crippen LogP contribution in [0.1, 0.15) is 15.9 Å². The molecule has 2 rings (SSSR count). The standard InChI is InChI=1S/C14H10Cl3FN2O/c15-9-4-10(16)13(11(17)5-9)20-6-8-3-7(14(19)21)1-2-12(8)18/h1-5,20H,6H2,(H2,19,21). The van der Waals surface area contributed by atoms with Crippen LogP contribution in [0, 0.1) is 5.82 Å². The lowest BCUT2D eigenvalue weighted by atomic mass is 10.1. The average molecular weight is 348 g/mol. The number of halogens is 4. The molecule has 0 radical (unpaired) electrons. The van der Waals surface area contributed by atoms with Gasteiger partial charge in [-0.15, -0.1) is 0 Å². The van der Waals surface area contributed by atoms with Crippen LogP contribution in [0.4, 0.5) is 10.1 Å². The fourth-order valence-electron chi connectivity index (χ4n) is 1.76. The van der Waals surface area contributed by atoms with Gasteiger partial charge in [-0.3, -0.25) is 4.79 Å². The first-order valence-electron chi connectivity index (χ1n) is 5.85. The molecule has 3 nitrogen and oxygen atoms in total. The number of hydrogen-bond acceptors (Lipinski definition) is 2. The number of nitrogens with two attached hydrogens (primary N) is 1. The number of anilines is 1. The molecular weight excluding hydrogens is 338 g/mol. The lowest BCUT2D eigenvalue weighted by Gasteiger charge is -2.12. The van der Waals surface area contributed by atoms with Crippen LogP contribution in [0.2, 0.25) is 15.1 Å². The minimum Gasteiger partial charge on any atom is -0.378 e. The summed E-state index contributed by atoms with van der Waals surface area (Å²) in [7, 11) is 0. The van der Waals surface area contributed by atoms with Crippen molar-refractivity contribution >= 4 is 46.4 Å². The quantitative estimate of drug-likeness (QED) is 0.855. The highest BCUT2D eigenvalue weighted by Crippen LogP contribution is 2.34. The van der Waals surface area contributed by atoms with Crippen LogP contribution >= 0.6 is 34.8 Å². The van der Waals surface area contributed by atoms with E-state index in [-0.39, 0.29) is 17.7 Å². The van der Waals surface area contributed by atoms with E-state index >= 15 is 0 Å². The average Bonchev–Trinajstić information content (AvgIpc) is 2.39. The highest BCUT2D eigenvalue weighted by Gasteiger charge is 2.10. The van der Waals surface area contributed by atoms with Crippen LogP contribution in [0.15, 0.2) is 30.3 Å². The molecule has 2 aromatic rings. The van der Waals surface area contributed by atoms with Crippen LogP contribution in [0.5, 0.6) is 0 Å². The zero-order valence-corrected chi connectivity index (χ0v) is 12.9. The number of carbonyl (C=O) groups excluding carboxylic acids is 1. The molecular formula is C14H10Cl3FN2O. The molecule has 0 bridgehead atoms. The van der Waals surface area contributed by atoms with Gasteiger partial charge in [0.15, 0.2) is 0 Å². The summed E-state index contributed by atoms with van der Waals surface area (Å²) in [5.74, 6) is -1.09. The first-order valence-corrected chi connectivity index (χ1v) is 6.98. The molecule has 110 valence electrons. The van der Waals surface area contributed by atoms with Gasteiger partial charge in [-0.05, 0) is 30.3 Å². The molecule has 0 aliphatic carbocycles. The van der Waals surface area contributed by atoms with Crippen molar-refractivity contribution < 1.29 is 9.18 Å². The highest BCUT2D eigenvalue weighted by molar-refractivity contribution is 6.41. The van der Waals surface area contributed by atoms with Crippen molar-refractivity contribution in [1.82, 2.24) is 0 Å². The maximum Gasteiger partial charge on any atom is 0.248 e. The summed E-state index contributed by atoms with van der Waals surface area (Å²) in [6.45, 7) is 0.0913. The predicted molar refractivity (Wildman–Crippen MR) is 83.7 cm³/mol. The maximum absolute atomic E-state index is 13.7. The molecule has 0 atom stereocenters. The Morgan fingerprint density at radius 3 is 2.33 bits per heavy atom. The second kappa shape index (κ2) is 6.52. The van der Waals surface area contributed by atoms with Gasteiger partial charge in [0.25, 0.3) is 0 Å². The second-order valence-electron chi connectivity index (χ2n) is 4.27. The smallest absolute Gasteiger partial charge is 0.248 e. The van der Waals surface area contributed by atoms with E-state index in [1.165, 1.54) is 30.3 Å². The van der Waals surface area contributed by atoms with Gasteiger partial charge >= 0.3 is 0 Å². The van der Waals surface area contributed by atoms with E-state index in [2.05, 4.69) is 5.32 Å². The fraction of sp³-hybridized carbons (Fsp3) is 0.0714. The van der Waals surface area contributed by atoms with Gasteiger partial charge in [-0.25, -0.2) is 4.39 Å². The van der Waals surface area contributed by atoms with Crippen LogP contribution < -0.4 is 11.1 Å². The molecule has 3 N–H and O–H groups in total. The minimum absolute atomic E-state index is 0.0913. The molecule has 0 aliphatic heterocycles. The van der Waals surface area contributed by atoms with Crippen molar-refractivity contribution in [1.29, 1.82) is 0 Å². The molecule has 1 amide bonds. The Morgan fingerprint density at radius 2 is 1.76 bits per heavy atom. The van der Waals surface area contributed by atoms with Crippen LogP contribution in [0.3, 0.4) is 0 Å². The fourth-order valence-corrected chi connectivity index (χ4v) is 2.71. The van der Waals surface area contributed by atoms with Gasteiger partial charge in [0, 0.05) is 22.7 Å². The van der Waals surface area contributed by atoms with E-state index in [1.807, 2.05) is 0 Å². The Hall–Kier alpha value is -1.49. The van der Waals surface area contributed by atoms with E-state index in [1.54, 1.807) is 0 Å². The third-order valence-electron chi connectivity index (χ3n) is 2.79. The van der Waals surface area contributed by atoms with Crippen molar-refractivity contribution in [3.05, 3.63) is 62.3 Å². The third kappa shape index (κ3) is 3.79. The molecule has 0 fully saturated rings. The molecule has 0 aromatic heterocycles. The number of rotatable bonds is 4. The van der Waals surface area contributed by atoms with E-state index in [9.17, 15) is 9.18 Å². The molecule has 7 heteroatoms. The lowest BCUT2D eigenvalue weighted by molar-refractivity contribution is 0.1000. The normalized spacial score (nSPS) is 10.5. The SMILES string of the molecule is NC(=O)c1ccc(F)c(CNc2c(Cl)cc(Cl)cc2Cl)c1. The zero-order chi connectivity index (χ0) is 15.6. The first kappa shape index (κ1) is 15.9. The summed E-state index contributed by atoms with van der Waals surface area (Å²) < 4.78 is 13.7. The Balaban J connectivity index is 2.24. The first-order chi connectivity index (χ1) is 9.88. The molecule has 0 aliphatic rings.